The highest BCUT2D eigenvalue weighted by Crippen LogP contribution is 2.44. The number of benzene rings is 1. The van der Waals surface area contributed by atoms with E-state index in [1.54, 1.807) is 24.3 Å². The van der Waals surface area contributed by atoms with Crippen molar-refractivity contribution in [2.75, 3.05) is 12.3 Å². The average molecular weight is 240 g/mol. The van der Waals surface area contributed by atoms with Crippen LogP contribution in [0.2, 0.25) is 0 Å². The van der Waals surface area contributed by atoms with E-state index in [4.69, 9.17) is 5.11 Å². The van der Waals surface area contributed by atoms with Gasteiger partial charge in [-0.1, -0.05) is 43.7 Å². The molecule has 1 aromatic carbocycles. The summed E-state index contributed by atoms with van der Waals surface area (Å²) < 4.78 is 12.6. The molecule has 0 aromatic heterocycles. The number of hydrogen-bond acceptors (Lipinski definition) is 2. The summed E-state index contributed by atoms with van der Waals surface area (Å²) in [4.78, 5) is 10.8. The van der Waals surface area contributed by atoms with Gasteiger partial charge in [0, 0.05) is 11.5 Å². The van der Waals surface area contributed by atoms with Gasteiger partial charge in [0.1, 0.15) is 13.3 Å². The van der Waals surface area contributed by atoms with Gasteiger partial charge in [-0.05, 0) is 6.42 Å². The fraction of sp³-hybridized carbons (Fsp3) is 0.417. The van der Waals surface area contributed by atoms with E-state index >= 15 is 0 Å². The number of unbranched alkanes of at least 4 members (excludes halogenated alkanes) is 1. The molecule has 0 fully saturated rings. The van der Waals surface area contributed by atoms with Crippen molar-refractivity contribution in [2.24, 2.45) is 0 Å². The van der Waals surface area contributed by atoms with Gasteiger partial charge in [-0.3, -0.25) is 4.79 Å². The number of rotatable bonds is 6. The quantitative estimate of drug-likeness (QED) is 0.777. The third-order valence-electron chi connectivity index (χ3n) is 2.49. The lowest BCUT2D eigenvalue weighted by molar-refractivity contribution is -0.134. The predicted molar refractivity (Wildman–Crippen MR) is 66.0 cm³/mol. The maximum atomic E-state index is 12.6. The fourth-order valence-corrected chi connectivity index (χ4v) is 4.21. The molecular formula is C12H17O3P. The van der Waals surface area contributed by atoms with Crippen molar-refractivity contribution in [3.05, 3.63) is 30.3 Å². The maximum absolute atomic E-state index is 12.6. The van der Waals surface area contributed by atoms with Gasteiger partial charge in [-0.2, -0.15) is 0 Å². The molecule has 0 radical (unpaired) electrons. The van der Waals surface area contributed by atoms with Crippen LogP contribution < -0.4 is 5.30 Å². The van der Waals surface area contributed by atoms with E-state index in [0.29, 0.717) is 11.5 Å². The molecule has 88 valence electrons. The van der Waals surface area contributed by atoms with Crippen LogP contribution in [0.1, 0.15) is 19.8 Å². The summed E-state index contributed by atoms with van der Waals surface area (Å²) in [6.07, 6.45) is 1.98. The van der Waals surface area contributed by atoms with Gasteiger partial charge < -0.3 is 9.67 Å². The second kappa shape index (κ2) is 5.86. The summed E-state index contributed by atoms with van der Waals surface area (Å²) in [7, 11) is -2.74. The van der Waals surface area contributed by atoms with Crippen LogP contribution in [0.4, 0.5) is 0 Å². The Balaban J connectivity index is 2.95. The van der Waals surface area contributed by atoms with Crippen LogP contribution in [0.3, 0.4) is 0 Å². The van der Waals surface area contributed by atoms with E-state index in [0.717, 1.165) is 12.8 Å². The molecule has 1 unspecified atom stereocenters. The molecule has 16 heavy (non-hydrogen) atoms. The van der Waals surface area contributed by atoms with Gasteiger partial charge in [0.25, 0.3) is 0 Å². The first-order chi connectivity index (χ1) is 7.58. The zero-order chi connectivity index (χ0) is 12.0. The SMILES string of the molecule is CCCCP(=O)(CC(=O)O)c1ccccc1. The monoisotopic (exact) mass is 240 g/mol. The van der Waals surface area contributed by atoms with Crippen LogP contribution in [0.5, 0.6) is 0 Å². The lowest BCUT2D eigenvalue weighted by Crippen LogP contribution is -2.15. The van der Waals surface area contributed by atoms with Crippen molar-refractivity contribution in [2.45, 2.75) is 19.8 Å². The first-order valence-electron chi connectivity index (χ1n) is 5.44. The molecule has 0 bridgehead atoms. The Kier molecular flexibility index (Phi) is 4.75. The summed E-state index contributed by atoms with van der Waals surface area (Å²) >= 11 is 0. The van der Waals surface area contributed by atoms with Gasteiger partial charge in [-0.25, -0.2) is 0 Å². The minimum Gasteiger partial charge on any atom is -0.481 e. The Morgan fingerprint density at radius 1 is 1.31 bits per heavy atom. The molecule has 0 spiro atoms. The molecule has 0 aliphatic carbocycles. The standard InChI is InChI=1S/C12H17O3P/c1-2-3-9-16(15,10-12(13)14)11-7-5-4-6-8-11/h4-8H,2-3,9-10H2,1H3,(H,13,14). The Morgan fingerprint density at radius 2 is 1.94 bits per heavy atom. The number of carboxylic acids is 1. The summed E-state index contributed by atoms with van der Waals surface area (Å²) in [5.74, 6) is -0.983. The number of carboxylic acid groups (broad SMARTS) is 1. The zero-order valence-electron chi connectivity index (χ0n) is 9.43. The van der Waals surface area contributed by atoms with E-state index in [-0.39, 0.29) is 6.16 Å². The summed E-state index contributed by atoms with van der Waals surface area (Å²) in [6, 6.07) is 8.97. The Morgan fingerprint density at radius 3 is 2.44 bits per heavy atom. The van der Waals surface area contributed by atoms with Crippen LogP contribution >= 0.6 is 7.14 Å². The Hall–Kier alpha value is -1.08. The Bertz CT molecular complexity index is 387. The second-order valence-electron chi connectivity index (χ2n) is 3.85. The highest BCUT2D eigenvalue weighted by molar-refractivity contribution is 7.72. The van der Waals surface area contributed by atoms with E-state index in [2.05, 4.69) is 0 Å². The van der Waals surface area contributed by atoms with E-state index in [1.165, 1.54) is 0 Å². The van der Waals surface area contributed by atoms with Crippen molar-refractivity contribution in [1.82, 2.24) is 0 Å². The van der Waals surface area contributed by atoms with Crippen molar-refractivity contribution in [3.8, 4) is 0 Å². The number of aliphatic carboxylic acids is 1. The molecule has 1 N–H and O–H groups in total. The molecule has 1 rings (SSSR count). The van der Waals surface area contributed by atoms with Crippen molar-refractivity contribution < 1.29 is 14.5 Å². The molecule has 1 atom stereocenters. The number of carbonyl (C=O) groups is 1. The van der Waals surface area contributed by atoms with E-state index < -0.39 is 13.1 Å². The van der Waals surface area contributed by atoms with Crippen molar-refractivity contribution >= 4 is 18.4 Å². The van der Waals surface area contributed by atoms with Crippen LogP contribution in [0.15, 0.2) is 30.3 Å². The minimum atomic E-state index is -2.74. The highest BCUT2D eigenvalue weighted by atomic mass is 31.2. The van der Waals surface area contributed by atoms with Crippen molar-refractivity contribution in [3.63, 3.8) is 0 Å². The molecule has 4 heteroatoms. The average Bonchev–Trinajstić information content (AvgIpc) is 2.27. The zero-order valence-corrected chi connectivity index (χ0v) is 10.3. The summed E-state index contributed by atoms with van der Waals surface area (Å²) in [6.45, 7) is 2.01. The molecule has 0 saturated heterocycles. The van der Waals surface area contributed by atoms with Gasteiger partial charge >= 0.3 is 5.97 Å². The van der Waals surface area contributed by atoms with E-state index in [9.17, 15) is 9.36 Å². The second-order valence-corrected chi connectivity index (χ2v) is 6.91. The van der Waals surface area contributed by atoms with Gasteiger partial charge in [0.15, 0.2) is 0 Å². The fourth-order valence-electron chi connectivity index (χ4n) is 1.63. The molecule has 0 saturated carbocycles. The largest absolute Gasteiger partial charge is 0.481 e. The lowest BCUT2D eigenvalue weighted by atomic mass is 10.4. The molecule has 0 amide bonds. The van der Waals surface area contributed by atoms with Gasteiger partial charge in [0.2, 0.25) is 0 Å². The van der Waals surface area contributed by atoms with Crippen LogP contribution in [-0.4, -0.2) is 23.4 Å². The highest BCUT2D eigenvalue weighted by Gasteiger charge is 2.26. The molecule has 0 heterocycles. The first kappa shape index (κ1) is 13.0. The Labute approximate surface area is 95.9 Å². The number of hydrogen-bond donors (Lipinski definition) is 1. The first-order valence-corrected chi connectivity index (χ1v) is 7.51. The molecule has 3 nitrogen and oxygen atoms in total. The van der Waals surface area contributed by atoms with Crippen LogP contribution in [0, 0.1) is 0 Å². The van der Waals surface area contributed by atoms with Gasteiger partial charge in [-0.15, -0.1) is 0 Å². The maximum Gasteiger partial charge on any atom is 0.311 e. The molecule has 0 aliphatic rings. The van der Waals surface area contributed by atoms with Crippen molar-refractivity contribution in [1.29, 1.82) is 0 Å². The summed E-state index contributed by atoms with van der Waals surface area (Å²) in [5, 5.41) is 9.52. The predicted octanol–water partition coefficient (Wildman–Crippen LogP) is 2.56. The third-order valence-corrected chi connectivity index (χ3v) is 5.55. The molecule has 1 aromatic rings. The lowest BCUT2D eigenvalue weighted by Gasteiger charge is -2.16. The third kappa shape index (κ3) is 3.49. The molecule has 0 aliphatic heterocycles. The van der Waals surface area contributed by atoms with Crippen LogP contribution in [-0.2, 0) is 9.36 Å². The summed E-state index contributed by atoms with van der Waals surface area (Å²) in [5.41, 5.74) is 0. The molecular weight excluding hydrogens is 223 g/mol. The van der Waals surface area contributed by atoms with Gasteiger partial charge in [0.05, 0.1) is 0 Å². The van der Waals surface area contributed by atoms with E-state index in [1.807, 2.05) is 13.0 Å². The normalized spacial score (nSPS) is 14.3. The smallest absolute Gasteiger partial charge is 0.311 e. The topological polar surface area (TPSA) is 54.4 Å². The minimum absolute atomic E-state index is 0.239. The van der Waals surface area contributed by atoms with Crippen LogP contribution in [0.25, 0.3) is 0 Å².